The Balaban J connectivity index is 2.27. The minimum absolute atomic E-state index is 0.0365. The molecule has 0 saturated heterocycles. The summed E-state index contributed by atoms with van der Waals surface area (Å²) in [5.74, 6) is -0.240. The Bertz CT molecular complexity index is 535. The first-order chi connectivity index (χ1) is 8.18. The molecule has 0 aromatic heterocycles. The van der Waals surface area contributed by atoms with Gasteiger partial charge in [0, 0.05) is 17.7 Å². The number of carbonyl (C=O) groups excluding carboxylic acids is 1. The number of ketones is 1. The molecule has 0 atom stereocenters. The fraction of sp³-hybridized carbons (Fsp3) is 0.0625. The van der Waals surface area contributed by atoms with E-state index in [1.807, 2.05) is 37.3 Å². The molecule has 0 heterocycles. The van der Waals surface area contributed by atoms with Crippen LogP contribution in [0, 0.1) is 13.5 Å². The lowest BCUT2D eigenvalue weighted by Crippen LogP contribution is -2.01. The molecule has 1 heteroatoms. The molecular formula is C16H12O. The second-order valence-corrected chi connectivity index (χ2v) is 3.94. The van der Waals surface area contributed by atoms with Gasteiger partial charge in [-0.2, -0.15) is 0 Å². The van der Waals surface area contributed by atoms with Gasteiger partial charge in [-0.1, -0.05) is 60.2 Å². The van der Waals surface area contributed by atoms with Crippen LogP contribution in [-0.2, 0) is 0 Å². The molecule has 0 spiro atoms. The first-order valence-electron chi connectivity index (χ1n) is 5.44. The minimum Gasteiger partial charge on any atom is -0.289 e. The molecule has 17 heavy (non-hydrogen) atoms. The molecule has 82 valence electrons. The van der Waals surface area contributed by atoms with Crippen LogP contribution < -0.4 is 0 Å². The summed E-state index contributed by atoms with van der Waals surface area (Å²) in [4.78, 5) is 12.0. The number of hydrogen-bond acceptors (Lipinski definition) is 1. The largest absolute Gasteiger partial charge is 0.289 e. The summed E-state index contributed by atoms with van der Waals surface area (Å²) in [6.07, 6.45) is 0. The van der Waals surface area contributed by atoms with Crippen LogP contribution in [0.2, 0.25) is 0 Å². The molecule has 0 N–H and O–H groups in total. The van der Waals surface area contributed by atoms with Crippen LogP contribution in [0.5, 0.6) is 0 Å². The minimum atomic E-state index is -0.240. The molecule has 2 rings (SSSR count). The molecule has 0 saturated carbocycles. The molecule has 0 bridgehead atoms. The lowest BCUT2D eigenvalue weighted by atomic mass is 9.98. The predicted molar refractivity (Wildman–Crippen MR) is 68.6 cm³/mol. The van der Waals surface area contributed by atoms with E-state index < -0.39 is 0 Å². The van der Waals surface area contributed by atoms with Crippen molar-refractivity contribution in [3.05, 3.63) is 77.9 Å². The lowest BCUT2D eigenvalue weighted by Gasteiger charge is -2.04. The maximum Gasteiger partial charge on any atom is 0.194 e. The van der Waals surface area contributed by atoms with E-state index in [0.29, 0.717) is 11.1 Å². The van der Waals surface area contributed by atoms with E-state index in [1.54, 1.807) is 24.3 Å². The van der Waals surface area contributed by atoms with Crippen molar-refractivity contribution < 1.29 is 4.79 Å². The summed E-state index contributed by atoms with van der Waals surface area (Å²) in [6.45, 7) is 9.85. The molecule has 0 aliphatic carbocycles. The molecule has 0 aliphatic rings. The maximum absolute atomic E-state index is 12.0. The van der Waals surface area contributed by atoms with Gasteiger partial charge in [0.25, 0.3) is 0 Å². The van der Waals surface area contributed by atoms with Gasteiger partial charge >= 0.3 is 0 Å². The highest BCUT2D eigenvalue weighted by molar-refractivity contribution is 6.27. The number of aryl methyl sites for hydroxylation is 1. The fourth-order valence-corrected chi connectivity index (χ4v) is 1.59. The Kier molecular flexibility index (Phi) is 3.20. The molecular weight excluding hydrogens is 208 g/mol. The Morgan fingerprint density at radius 2 is 1.47 bits per heavy atom. The van der Waals surface area contributed by atoms with Gasteiger partial charge in [-0.15, -0.1) is 0 Å². The van der Waals surface area contributed by atoms with Gasteiger partial charge in [0.1, 0.15) is 0 Å². The SMILES string of the molecule is [C]=C(C(=O)c1ccc(C)cc1)c1ccccc1. The fourth-order valence-electron chi connectivity index (χ4n) is 1.59. The first-order valence-corrected chi connectivity index (χ1v) is 5.44. The second kappa shape index (κ2) is 4.79. The zero-order valence-corrected chi connectivity index (χ0v) is 9.60. The smallest absolute Gasteiger partial charge is 0.194 e. The number of carbonyl (C=O) groups is 1. The summed E-state index contributed by atoms with van der Waals surface area (Å²) < 4.78 is 0. The van der Waals surface area contributed by atoms with E-state index in [4.69, 9.17) is 6.58 Å². The summed E-state index contributed by atoms with van der Waals surface area (Å²) >= 11 is 0. The van der Waals surface area contributed by atoms with Crippen molar-refractivity contribution in [2.75, 3.05) is 0 Å². The van der Waals surface area contributed by atoms with Gasteiger partial charge in [-0.3, -0.25) is 4.79 Å². The van der Waals surface area contributed by atoms with Crippen LogP contribution in [0.1, 0.15) is 21.5 Å². The van der Waals surface area contributed by atoms with Crippen molar-refractivity contribution in [2.24, 2.45) is 0 Å². The Hall–Kier alpha value is -2.15. The highest BCUT2D eigenvalue weighted by atomic mass is 16.1. The number of rotatable bonds is 3. The van der Waals surface area contributed by atoms with E-state index in [0.717, 1.165) is 5.56 Å². The van der Waals surface area contributed by atoms with Crippen LogP contribution in [0.15, 0.2) is 54.6 Å². The normalized spacial score (nSPS) is 9.94. The van der Waals surface area contributed by atoms with Crippen molar-refractivity contribution in [2.45, 2.75) is 6.92 Å². The van der Waals surface area contributed by atoms with Crippen LogP contribution in [-0.4, -0.2) is 5.78 Å². The van der Waals surface area contributed by atoms with Crippen LogP contribution in [0.3, 0.4) is 0 Å². The van der Waals surface area contributed by atoms with E-state index in [1.165, 1.54) is 0 Å². The van der Waals surface area contributed by atoms with Gasteiger partial charge in [0.2, 0.25) is 0 Å². The zero-order valence-electron chi connectivity index (χ0n) is 9.60. The van der Waals surface area contributed by atoms with E-state index >= 15 is 0 Å². The Morgan fingerprint density at radius 3 is 2.06 bits per heavy atom. The monoisotopic (exact) mass is 220 g/mol. The number of hydrogen-bond donors (Lipinski definition) is 0. The quantitative estimate of drug-likeness (QED) is 0.571. The molecule has 0 unspecified atom stereocenters. The molecule has 2 radical (unpaired) electrons. The van der Waals surface area contributed by atoms with Gasteiger partial charge in [-0.25, -0.2) is 0 Å². The average molecular weight is 220 g/mol. The second-order valence-electron chi connectivity index (χ2n) is 3.94. The molecule has 2 aromatic carbocycles. The molecule has 2 aromatic rings. The average Bonchev–Trinajstić information content (AvgIpc) is 2.39. The summed E-state index contributed by atoms with van der Waals surface area (Å²) in [6, 6.07) is 16.3. The standard InChI is InChI=1S/C16H12O/c1-12-8-10-15(11-9-12)16(17)13(2)14-6-4-3-5-7-14/h3-11H,1H3. The highest BCUT2D eigenvalue weighted by Crippen LogP contribution is 2.17. The van der Waals surface area contributed by atoms with Crippen molar-refractivity contribution in [3.8, 4) is 0 Å². The number of Topliss-reactive ketones (excluding diaryl/α,β-unsaturated/α-hetero) is 1. The van der Waals surface area contributed by atoms with Crippen molar-refractivity contribution in [1.29, 1.82) is 0 Å². The third-order valence-electron chi connectivity index (χ3n) is 2.60. The van der Waals surface area contributed by atoms with Gasteiger partial charge in [0.05, 0.1) is 0 Å². The molecule has 1 nitrogen and oxygen atoms in total. The summed E-state index contributed by atoms with van der Waals surface area (Å²) in [7, 11) is 0. The Labute approximate surface area is 101 Å². The molecule has 0 aliphatic heterocycles. The Morgan fingerprint density at radius 1 is 0.882 bits per heavy atom. The topological polar surface area (TPSA) is 17.1 Å². The van der Waals surface area contributed by atoms with Crippen LogP contribution in [0.4, 0.5) is 0 Å². The highest BCUT2D eigenvalue weighted by Gasteiger charge is 2.11. The van der Waals surface area contributed by atoms with E-state index in [-0.39, 0.29) is 11.4 Å². The van der Waals surface area contributed by atoms with Crippen molar-refractivity contribution in [1.82, 2.24) is 0 Å². The van der Waals surface area contributed by atoms with Gasteiger partial charge in [0.15, 0.2) is 5.78 Å². The maximum atomic E-state index is 12.0. The van der Waals surface area contributed by atoms with Gasteiger partial charge < -0.3 is 0 Å². The third kappa shape index (κ3) is 2.51. The zero-order chi connectivity index (χ0) is 12.3. The number of allylic oxidation sites excluding steroid dienone is 1. The predicted octanol–water partition coefficient (Wildman–Crippen LogP) is 3.57. The lowest BCUT2D eigenvalue weighted by molar-refractivity contribution is 0.105. The summed E-state index contributed by atoms with van der Waals surface area (Å²) in [5, 5.41) is 0. The third-order valence-corrected chi connectivity index (χ3v) is 2.60. The van der Waals surface area contributed by atoms with Crippen molar-refractivity contribution in [3.63, 3.8) is 0 Å². The van der Waals surface area contributed by atoms with Gasteiger partial charge in [-0.05, 0) is 12.5 Å². The first kappa shape index (κ1) is 11.3. The van der Waals surface area contributed by atoms with Crippen molar-refractivity contribution >= 4 is 11.4 Å². The molecule has 0 amide bonds. The number of benzene rings is 2. The van der Waals surface area contributed by atoms with E-state index in [9.17, 15) is 4.79 Å². The van der Waals surface area contributed by atoms with E-state index in [2.05, 4.69) is 0 Å². The van der Waals surface area contributed by atoms with Crippen LogP contribution >= 0.6 is 0 Å². The van der Waals surface area contributed by atoms with Crippen LogP contribution in [0.25, 0.3) is 5.57 Å². The molecule has 0 fully saturated rings. The summed E-state index contributed by atoms with van der Waals surface area (Å²) in [5.41, 5.74) is 2.35.